The fourth-order valence-electron chi connectivity index (χ4n) is 3.47. The number of nitrogens with one attached hydrogen (secondary N) is 2. The van der Waals surface area contributed by atoms with Gasteiger partial charge in [-0.3, -0.25) is 9.78 Å². The third-order valence-corrected chi connectivity index (χ3v) is 7.78. The van der Waals surface area contributed by atoms with E-state index in [2.05, 4.69) is 20.6 Å². The molecule has 2 aromatic heterocycles. The van der Waals surface area contributed by atoms with Crippen molar-refractivity contribution in [3.8, 4) is 0 Å². The normalized spacial score (nSPS) is 12.0. The zero-order valence-electron chi connectivity index (χ0n) is 19.8. The summed E-state index contributed by atoms with van der Waals surface area (Å²) in [5.41, 5.74) is 0.537. The molecule has 0 aliphatic rings. The second-order valence-electron chi connectivity index (χ2n) is 8.06. The summed E-state index contributed by atoms with van der Waals surface area (Å²) in [5.74, 6) is -3.64. The Morgan fingerprint density at radius 1 is 1.03 bits per heavy atom. The van der Waals surface area contributed by atoms with E-state index in [0.717, 1.165) is 12.3 Å². The van der Waals surface area contributed by atoms with Gasteiger partial charge in [-0.05, 0) is 24.1 Å². The number of pyridine rings is 2. The number of aromatic nitrogens is 2. The molecular formula is C24H22Cl2N4O7S. The van der Waals surface area contributed by atoms with Gasteiger partial charge in [-0.2, -0.15) is 0 Å². The van der Waals surface area contributed by atoms with Crippen LogP contribution in [0.3, 0.4) is 0 Å². The lowest BCUT2D eigenvalue weighted by Crippen LogP contribution is -2.32. The van der Waals surface area contributed by atoms with Crippen LogP contribution in [0.5, 0.6) is 0 Å². The SMILES string of the molecule is CCCS(=O)(=O)c1cc(NC(Cc2ccc(NC(=O)c3c(Cl)cncc3Cl)cc2)C(=O)O)ncc1C(=O)O. The number of rotatable bonds is 11. The van der Waals surface area contributed by atoms with Crippen LogP contribution >= 0.6 is 23.2 Å². The second kappa shape index (κ2) is 12.2. The number of carbonyl (C=O) groups excluding carboxylic acids is 1. The summed E-state index contributed by atoms with van der Waals surface area (Å²) < 4.78 is 25.1. The summed E-state index contributed by atoms with van der Waals surface area (Å²) in [6.07, 6.45) is 3.69. The van der Waals surface area contributed by atoms with Crippen LogP contribution in [0.4, 0.5) is 11.5 Å². The van der Waals surface area contributed by atoms with Gasteiger partial charge in [0, 0.05) is 36.8 Å². The number of carbonyl (C=O) groups is 3. The van der Waals surface area contributed by atoms with Gasteiger partial charge in [0.25, 0.3) is 5.91 Å². The predicted octanol–water partition coefficient (Wildman–Crippen LogP) is 4.03. The lowest BCUT2D eigenvalue weighted by atomic mass is 10.1. The molecule has 1 amide bonds. The Hall–Kier alpha value is -3.74. The Balaban J connectivity index is 1.77. The first kappa shape index (κ1) is 28.8. The summed E-state index contributed by atoms with van der Waals surface area (Å²) in [7, 11) is -3.93. The van der Waals surface area contributed by atoms with Crippen LogP contribution < -0.4 is 10.6 Å². The number of benzene rings is 1. The van der Waals surface area contributed by atoms with Crippen LogP contribution in [0, 0.1) is 0 Å². The third-order valence-electron chi connectivity index (χ3n) is 5.26. The highest BCUT2D eigenvalue weighted by atomic mass is 35.5. The van der Waals surface area contributed by atoms with Crippen molar-refractivity contribution in [2.75, 3.05) is 16.4 Å². The van der Waals surface area contributed by atoms with Gasteiger partial charge >= 0.3 is 11.9 Å². The first-order valence-electron chi connectivity index (χ1n) is 11.1. The smallest absolute Gasteiger partial charge is 0.338 e. The number of aliphatic carboxylic acids is 1. The van der Waals surface area contributed by atoms with Crippen molar-refractivity contribution >= 4 is 62.4 Å². The molecule has 14 heteroatoms. The molecule has 0 fully saturated rings. The maximum absolute atomic E-state index is 12.6. The van der Waals surface area contributed by atoms with E-state index in [1.54, 1.807) is 31.2 Å². The summed E-state index contributed by atoms with van der Waals surface area (Å²) in [6.45, 7) is 1.64. The van der Waals surface area contributed by atoms with Crippen LogP contribution in [0.1, 0.15) is 39.6 Å². The highest BCUT2D eigenvalue weighted by Gasteiger charge is 2.25. The molecule has 3 aromatic rings. The van der Waals surface area contributed by atoms with Crippen molar-refractivity contribution in [2.24, 2.45) is 0 Å². The molecular weight excluding hydrogens is 559 g/mol. The molecule has 0 aliphatic carbocycles. The standard InChI is InChI=1S/C24H22Cl2N4O7S/c1-2-7-38(36,37)19-9-20(28-10-15(19)23(32)33)30-18(24(34)35)8-13-3-5-14(6-4-13)29-22(31)21-16(25)11-27-12-17(21)26/h3-6,9-12,18H,2,7-8H2,1H3,(H,28,30)(H,29,31)(H,32,33)(H,34,35). The minimum Gasteiger partial charge on any atom is -0.480 e. The number of amides is 1. The topological polar surface area (TPSA) is 176 Å². The molecule has 1 aromatic carbocycles. The van der Waals surface area contributed by atoms with E-state index >= 15 is 0 Å². The molecule has 0 saturated carbocycles. The van der Waals surface area contributed by atoms with Gasteiger partial charge in [-0.15, -0.1) is 0 Å². The van der Waals surface area contributed by atoms with Crippen LogP contribution in [-0.2, 0) is 21.1 Å². The number of anilines is 2. The molecule has 1 atom stereocenters. The molecule has 200 valence electrons. The predicted molar refractivity (Wildman–Crippen MR) is 141 cm³/mol. The van der Waals surface area contributed by atoms with Gasteiger partial charge in [-0.1, -0.05) is 42.3 Å². The number of carboxylic acid groups (broad SMARTS) is 2. The summed E-state index contributed by atoms with van der Waals surface area (Å²) in [4.78, 5) is 43.2. The number of sulfone groups is 1. The summed E-state index contributed by atoms with van der Waals surface area (Å²) >= 11 is 12.0. The van der Waals surface area contributed by atoms with E-state index in [1.807, 2.05) is 0 Å². The van der Waals surface area contributed by atoms with Crippen LogP contribution in [0.15, 0.2) is 53.8 Å². The number of hydrogen-bond acceptors (Lipinski definition) is 8. The van der Waals surface area contributed by atoms with Gasteiger partial charge in [0.15, 0.2) is 9.84 Å². The van der Waals surface area contributed by atoms with E-state index in [9.17, 15) is 33.0 Å². The van der Waals surface area contributed by atoms with Gasteiger partial charge < -0.3 is 20.8 Å². The average Bonchev–Trinajstić information content (AvgIpc) is 2.84. The van der Waals surface area contributed by atoms with E-state index in [0.29, 0.717) is 11.3 Å². The molecule has 4 N–H and O–H groups in total. The summed E-state index contributed by atoms with van der Waals surface area (Å²) in [5, 5.41) is 24.5. The number of carboxylic acids is 2. The first-order chi connectivity index (χ1) is 17.9. The van der Waals surface area contributed by atoms with Gasteiger partial charge in [0.1, 0.15) is 11.9 Å². The van der Waals surface area contributed by atoms with Crippen molar-refractivity contribution in [1.29, 1.82) is 0 Å². The molecule has 0 radical (unpaired) electrons. The van der Waals surface area contributed by atoms with Crippen molar-refractivity contribution in [2.45, 2.75) is 30.7 Å². The fourth-order valence-corrected chi connectivity index (χ4v) is 5.53. The van der Waals surface area contributed by atoms with Crippen LogP contribution in [-0.4, -0.2) is 58.2 Å². The monoisotopic (exact) mass is 580 g/mol. The van der Waals surface area contributed by atoms with Gasteiger partial charge in [0.05, 0.1) is 31.8 Å². The molecule has 3 rings (SSSR count). The zero-order valence-corrected chi connectivity index (χ0v) is 22.1. The van der Waals surface area contributed by atoms with E-state index in [-0.39, 0.29) is 40.0 Å². The van der Waals surface area contributed by atoms with Crippen molar-refractivity contribution in [1.82, 2.24) is 9.97 Å². The number of aromatic carboxylic acids is 1. The van der Waals surface area contributed by atoms with Crippen molar-refractivity contribution in [3.63, 3.8) is 0 Å². The minimum absolute atomic E-state index is 0.0367. The molecule has 2 heterocycles. The summed E-state index contributed by atoms with van der Waals surface area (Å²) in [6, 6.07) is 6.12. The molecule has 38 heavy (non-hydrogen) atoms. The molecule has 0 spiro atoms. The Morgan fingerprint density at radius 3 is 2.21 bits per heavy atom. The lowest BCUT2D eigenvalue weighted by Gasteiger charge is -2.17. The fraction of sp³-hybridized carbons (Fsp3) is 0.208. The second-order valence-corrected chi connectivity index (χ2v) is 11.0. The quantitative estimate of drug-likeness (QED) is 0.259. The maximum Gasteiger partial charge on any atom is 0.338 e. The van der Waals surface area contributed by atoms with Crippen molar-refractivity contribution < 1.29 is 33.0 Å². The number of hydrogen-bond donors (Lipinski definition) is 4. The van der Waals surface area contributed by atoms with E-state index < -0.39 is 44.2 Å². The largest absolute Gasteiger partial charge is 0.480 e. The van der Waals surface area contributed by atoms with E-state index in [1.165, 1.54) is 12.4 Å². The van der Waals surface area contributed by atoms with Crippen LogP contribution in [0.25, 0.3) is 0 Å². The van der Waals surface area contributed by atoms with Gasteiger partial charge in [0.2, 0.25) is 0 Å². The van der Waals surface area contributed by atoms with Crippen molar-refractivity contribution in [3.05, 3.63) is 75.7 Å². The molecule has 0 saturated heterocycles. The highest BCUT2D eigenvalue weighted by Crippen LogP contribution is 2.25. The molecule has 1 unspecified atom stereocenters. The van der Waals surface area contributed by atoms with Crippen LogP contribution in [0.2, 0.25) is 10.0 Å². The third kappa shape index (κ3) is 6.97. The average molecular weight is 581 g/mol. The Morgan fingerprint density at radius 2 is 1.66 bits per heavy atom. The number of halogens is 2. The first-order valence-corrected chi connectivity index (χ1v) is 13.5. The highest BCUT2D eigenvalue weighted by molar-refractivity contribution is 7.91. The zero-order chi connectivity index (χ0) is 28.0. The lowest BCUT2D eigenvalue weighted by molar-refractivity contribution is -0.137. The molecule has 0 aliphatic heterocycles. The van der Waals surface area contributed by atoms with E-state index in [4.69, 9.17) is 23.2 Å². The Labute approximate surface area is 227 Å². The maximum atomic E-state index is 12.6. The number of nitrogens with zero attached hydrogens (tertiary/aromatic N) is 2. The Kier molecular flexibility index (Phi) is 9.26. The molecule has 0 bridgehead atoms. The molecule has 11 nitrogen and oxygen atoms in total. The van der Waals surface area contributed by atoms with Gasteiger partial charge in [-0.25, -0.2) is 23.0 Å². The minimum atomic E-state index is -3.93. The Bertz CT molecular complexity index is 1460.